The van der Waals surface area contributed by atoms with Crippen molar-refractivity contribution in [3.63, 3.8) is 0 Å². The van der Waals surface area contributed by atoms with Crippen LogP contribution in [0, 0.1) is 11.8 Å². The number of benzene rings is 1. The van der Waals surface area contributed by atoms with Crippen LogP contribution in [0.3, 0.4) is 0 Å². The Labute approximate surface area is 136 Å². The SMILES string of the molecule is CCC(=O)C(CC(C)COc1ccc2c(c1)OCO2)C(=O)CC. The zero-order valence-corrected chi connectivity index (χ0v) is 14.0. The van der Waals surface area contributed by atoms with Gasteiger partial charge >= 0.3 is 0 Å². The molecule has 1 aliphatic heterocycles. The fourth-order valence-electron chi connectivity index (χ4n) is 2.61. The molecule has 0 aromatic heterocycles. The standard InChI is InChI=1S/C18H24O5/c1-4-15(19)14(16(20)5-2)8-12(3)10-21-13-6-7-17-18(9-13)23-11-22-17/h6-7,9,12,14H,4-5,8,10-11H2,1-3H3. The topological polar surface area (TPSA) is 61.8 Å². The minimum absolute atomic E-state index is 0.0202. The van der Waals surface area contributed by atoms with Crippen molar-refractivity contribution in [2.45, 2.75) is 40.0 Å². The molecular formula is C18H24O5. The highest BCUT2D eigenvalue weighted by atomic mass is 16.7. The summed E-state index contributed by atoms with van der Waals surface area (Å²) < 4.78 is 16.3. The van der Waals surface area contributed by atoms with Gasteiger partial charge < -0.3 is 14.2 Å². The molecule has 0 radical (unpaired) electrons. The van der Waals surface area contributed by atoms with Crippen LogP contribution in [0.25, 0.3) is 0 Å². The normalized spacial score (nSPS) is 13.9. The largest absolute Gasteiger partial charge is 0.493 e. The van der Waals surface area contributed by atoms with Crippen LogP contribution >= 0.6 is 0 Å². The summed E-state index contributed by atoms with van der Waals surface area (Å²) in [5.41, 5.74) is 0. The highest BCUT2D eigenvalue weighted by Crippen LogP contribution is 2.35. The zero-order chi connectivity index (χ0) is 16.8. The monoisotopic (exact) mass is 320 g/mol. The van der Waals surface area contributed by atoms with Gasteiger partial charge in [0, 0.05) is 18.9 Å². The van der Waals surface area contributed by atoms with Crippen LogP contribution in [0.5, 0.6) is 17.2 Å². The Balaban J connectivity index is 1.89. The van der Waals surface area contributed by atoms with E-state index < -0.39 is 5.92 Å². The Bertz CT molecular complexity index is 551. The highest BCUT2D eigenvalue weighted by molar-refractivity contribution is 6.02. The quantitative estimate of drug-likeness (QED) is 0.653. The van der Waals surface area contributed by atoms with Gasteiger partial charge in [0.1, 0.15) is 17.3 Å². The smallest absolute Gasteiger partial charge is 0.231 e. The van der Waals surface area contributed by atoms with Crippen LogP contribution in [-0.4, -0.2) is 25.0 Å². The molecule has 5 nitrogen and oxygen atoms in total. The van der Waals surface area contributed by atoms with Gasteiger partial charge in [0.05, 0.1) is 12.5 Å². The number of fused-ring (bicyclic) bond motifs is 1. The number of Topliss-reactive ketones (excluding diaryl/α,β-unsaturated/α-hetero) is 2. The highest BCUT2D eigenvalue weighted by Gasteiger charge is 2.26. The van der Waals surface area contributed by atoms with Crippen molar-refractivity contribution in [1.29, 1.82) is 0 Å². The van der Waals surface area contributed by atoms with Crippen LogP contribution in [-0.2, 0) is 9.59 Å². The molecule has 23 heavy (non-hydrogen) atoms. The average molecular weight is 320 g/mol. The van der Waals surface area contributed by atoms with E-state index in [2.05, 4.69) is 0 Å². The Hall–Kier alpha value is -2.04. The maximum absolute atomic E-state index is 12.0. The molecule has 0 aliphatic carbocycles. The summed E-state index contributed by atoms with van der Waals surface area (Å²) >= 11 is 0. The van der Waals surface area contributed by atoms with E-state index in [1.165, 1.54) is 0 Å². The van der Waals surface area contributed by atoms with E-state index in [-0.39, 0.29) is 24.3 Å². The lowest BCUT2D eigenvalue weighted by Gasteiger charge is -2.19. The van der Waals surface area contributed by atoms with Gasteiger partial charge in [0.15, 0.2) is 11.5 Å². The van der Waals surface area contributed by atoms with Gasteiger partial charge in [-0.1, -0.05) is 20.8 Å². The van der Waals surface area contributed by atoms with Crippen LogP contribution in [0.15, 0.2) is 18.2 Å². The zero-order valence-electron chi connectivity index (χ0n) is 14.0. The number of rotatable bonds is 9. The van der Waals surface area contributed by atoms with Gasteiger partial charge in [-0.3, -0.25) is 9.59 Å². The lowest BCUT2D eigenvalue weighted by atomic mass is 9.87. The summed E-state index contributed by atoms with van der Waals surface area (Å²) in [7, 11) is 0. The van der Waals surface area contributed by atoms with Crippen LogP contribution in [0.2, 0.25) is 0 Å². The summed E-state index contributed by atoms with van der Waals surface area (Å²) in [6, 6.07) is 5.43. The molecule has 1 atom stereocenters. The predicted octanol–water partition coefficient (Wildman–Crippen LogP) is 3.39. The molecule has 0 amide bonds. The summed E-state index contributed by atoms with van der Waals surface area (Å²) in [5, 5.41) is 0. The van der Waals surface area contributed by atoms with Crippen molar-refractivity contribution in [3.8, 4) is 17.2 Å². The molecule has 0 fully saturated rings. The molecular weight excluding hydrogens is 296 g/mol. The van der Waals surface area contributed by atoms with Crippen molar-refractivity contribution >= 4 is 11.6 Å². The fraction of sp³-hybridized carbons (Fsp3) is 0.556. The van der Waals surface area contributed by atoms with E-state index in [0.29, 0.717) is 43.1 Å². The van der Waals surface area contributed by atoms with Crippen molar-refractivity contribution in [1.82, 2.24) is 0 Å². The van der Waals surface area contributed by atoms with Crippen LogP contribution < -0.4 is 14.2 Å². The second kappa shape index (κ2) is 7.99. The fourth-order valence-corrected chi connectivity index (χ4v) is 2.61. The molecule has 0 saturated carbocycles. The lowest BCUT2D eigenvalue weighted by Crippen LogP contribution is -2.26. The summed E-state index contributed by atoms with van der Waals surface area (Å²) in [5.74, 6) is 1.74. The molecule has 1 aliphatic rings. The number of carbonyl (C=O) groups is 2. The Morgan fingerprint density at radius 1 is 1.13 bits per heavy atom. The lowest BCUT2D eigenvalue weighted by molar-refractivity contribution is -0.133. The van der Waals surface area contributed by atoms with Gasteiger partial charge in [-0.05, 0) is 24.5 Å². The third-order valence-corrected chi connectivity index (χ3v) is 3.99. The summed E-state index contributed by atoms with van der Waals surface area (Å²) in [6.45, 7) is 6.27. The molecule has 5 heteroatoms. The molecule has 0 spiro atoms. The number of hydrogen-bond acceptors (Lipinski definition) is 5. The second-order valence-electron chi connectivity index (χ2n) is 5.86. The molecule has 2 rings (SSSR count). The van der Waals surface area contributed by atoms with Crippen molar-refractivity contribution < 1.29 is 23.8 Å². The van der Waals surface area contributed by atoms with E-state index in [0.717, 1.165) is 0 Å². The third-order valence-electron chi connectivity index (χ3n) is 3.99. The maximum Gasteiger partial charge on any atom is 0.231 e. The molecule has 1 aromatic rings. The minimum atomic E-state index is -0.500. The van der Waals surface area contributed by atoms with E-state index in [4.69, 9.17) is 14.2 Å². The number of carbonyl (C=O) groups excluding carboxylic acids is 2. The van der Waals surface area contributed by atoms with Crippen molar-refractivity contribution in [2.24, 2.45) is 11.8 Å². The maximum atomic E-state index is 12.0. The first-order valence-electron chi connectivity index (χ1n) is 8.13. The van der Waals surface area contributed by atoms with Crippen LogP contribution in [0.4, 0.5) is 0 Å². The number of ether oxygens (including phenoxy) is 3. The molecule has 1 heterocycles. The average Bonchev–Trinajstić information content (AvgIpc) is 3.04. The predicted molar refractivity (Wildman–Crippen MR) is 85.9 cm³/mol. The molecule has 0 bridgehead atoms. The van der Waals surface area contributed by atoms with Gasteiger partial charge in [-0.2, -0.15) is 0 Å². The first kappa shape index (κ1) is 17.3. The molecule has 126 valence electrons. The van der Waals surface area contributed by atoms with E-state index in [1.807, 2.05) is 19.1 Å². The molecule has 1 aromatic carbocycles. The molecule has 1 unspecified atom stereocenters. The summed E-state index contributed by atoms with van der Waals surface area (Å²) in [4.78, 5) is 23.9. The minimum Gasteiger partial charge on any atom is -0.493 e. The Kier molecular flexibility index (Phi) is 6.02. The van der Waals surface area contributed by atoms with Crippen molar-refractivity contribution in [3.05, 3.63) is 18.2 Å². The molecule has 0 saturated heterocycles. The van der Waals surface area contributed by atoms with Gasteiger partial charge in [0.2, 0.25) is 6.79 Å². The van der Waals surface area contributed by atoms with E-state index in [1.54, 1.807) is 19.9 Å². The van der Waals surface area contributed by atoms with Crippen molar-refractivity contribution in [2.75, 3.05) is 13.4 Å². The van der Waals surface area contributed by atoms with Gasteiger partial charge in [-0.15, -0.1) is 0 Å². The van der Waals surface area contributed by atoms with E-state index in [9.17, 15) is 9.59 Å². The van der Waals surface area contributed by atoms with E-state index >= 15 is 0 Å². The summed E-state index contributed by atoms with van der Waals surface area (Å²) in [6.07, 6.45) is 1.32. The Morgan fingerprint density at radius 3 is 2.43 bits per heavy atom. The molecule has 0 N–H and O–H groups in total. The Morgan fingerprint density at radius 2 is 1.78 bits per heavy atom. The number of hydrogen-bond donors (Lipinski definition) is 0. The first-order valence-corrected chi connectivity index (χ1v) is 8.13. The third kappa shape index (κ3) is 4.47. The first-order chi connectivity index (χ1) is 11.0. The second-order valence-corrected chi connectivity index (χ2v) is 5.86. The van der Waals surface area contributed by atoms with Crippen LogP contribution in [0.1, 0.15) is 40.0 Å². The van der Waals surface area contributed by atoms with Gasteiger partial charge in [0.25, 0.3) is 0 Å². The number of ketones is 2. The van der Waals surface area contributed by atoms with Gasteiger partial charge in [-0.25, -0.2) is 0 Å².